The molecule has 0 bridgehead atoms. The smallest absolute Gasteiger partial charge is 0.0835 e. The molecule has 0 aromatic heterocycles. The van der Waals surface area contributed by atoms with Crippen LogP contribution in [0.2, 0.25) is 0 Å². The van der Waals surface area contributed by atoms with Crippen molar-refractivity contribution in [1.29, 1.82) is 0 Å². The highest BCUT2D eigenvalue weighted by atomic mass is 79.9. The van der Waals surface area contributed by atoms with E-state index in [1.54, 1.807) is 0 Å². The van der Waals surface area contributed by atoms with Crippen molar-refractivity contribution >= 4 is 15.9 Å². The van der Waals surface area contributed by atoms with Crippen molar-refractivity contribution in [2.24, 2.45) is 0 Å². The minimum absolute atomic E-state index is 0.262. The van der Waals surface area contributed by atoms with E-state index in [0.29, 0.717) is 6.61 Å². The number of hydrogen-bond acceptors (Lipinski definition) is 3. The Kier molecular flexibility index (Phi) is 5.63. The van der Waals surface area contributed by atoms with Gasteiger partial charge in [0.15, 0.2) is 0 Å². The SMILES string of the molecule is CCNCc1ccc(COC2CCOC2)c(Br)c1. The summed E-state index contributed by atoms with van der Waals surface area (Å²) in [4.78, 5) is 0. The third-order valence-corrected chi connectivity index (χ3v) is 3.80. The van der Waals surface area contributed by atoms with E-state index in [1.165, 1.54) is 11.1 Å². The van der Waals surface area contributed by atoms with Crippen LogP contribution in [0, 0.1) is 0 Å². The molecule has 2 rings (SSSR count). The summed E-state index contributed by atoms with van der Waals surface area (Å²) >= 11 is 3.61. The second-order valence-corrected chi connectivity index (χ2v) is 5.36. The zero-order chi connectivity index (χ0) is 12.8. The van der Waals surface area contributed by atoms with Crippen molar-refractivity contribution in [1.82, 2.24) is 5.32 Å². The third kappa shape index (κ3) is 4.05. The van der Waals surface area contributed by atoms with Crippen molar-refractivity contribution in [3.05, 3.63) is 33.8 Å². The van der Waals surface area contributed by atoms with E-state index >= 15 is 0 Å². The highest BCUT2D eigenvalue weighted by Crippen LogP contribution is 2.21. The van der Waals surface area contributed by atoms with Gasteiger partial charge in [0.2, 0.25) is 0 Å². The Bertz CT molecular complexity index is 378. The normalized spacial score (nSPS) is 19.3. The van der Waals surface area contributed by atoms with Gasteiger partial charge in [-0.3, -0.25) is 0 Å². The maximum absolute atomic E-state index is 5.82. The Hall–Kier alpha value is -0.420. The zero-order valence-electron chi connectivity index (χ0n) is 10.7. The molecule has 4 heteroatoms. The van der Waals surface area contributed by atoms with Gasteiger partial charge in [-0.15, -0.1) is 0 Å². The molecule has 1 aliphatic rings. The van der Waals surface area contributed by atoms with Gasteiger partial charge in [0.25, 0.3) is 0 Å². The topological polar surface area (TPSA) is 30.5 Å². The molecule has 3 nitrogen and oxygen atoms in total. The largest absolute Gasteiger partial charge is 0.379 e. The molecule has 0 aliphatic carbocycles. The quantitative estimate of drug-likeness (QED) is 0.876. The van der Waals surface area contributed by atoms with Crippen LogP contribution in [0.1, 0.15) is 24.5 Å². The maximum Gasteiger partial charge on any atom is 0.0835 e. The summed E-state index contributed by atoms with van der Waals surface area (Å²) in [5.41, 5.74) is 2.49. The highest BCUT2D eigenvalue weighted by Gasteiger charge is 2.16. The maximum atomic E-state index is 5.82. The fraction of sp³-hybridized carbons (Fsp3) is 0.571. The van der Waals surface area contributed by atoms with Gasteiger partial charge in [0, 0.05) is 17.6 Å². The lowest BCUT2D eigenvalue weighted by Crippen LogP contribution is -2.13. The molecule has 1 N–H and O–H groups in total. The van der Waals surface area contributed by atoms with E-state index in [9.17, 15) is 0 Å². The van der Waals surface area contributed by atoms with E-state index in [4.69, 9.17) is 9.47 Å². The predicted molar refractivity (Wildman–Crippen MR) is 75.5 cm³/mol. The van der Waals surface area contributed by atoms with E-state index in [2.05, 4.69) is 46.4 Å². The Labute approximate surface area is 117 Å². The average Bonchev–Trinajstić information content (AvgIpc) is 2.88. The lowest BCUT2D eigenvalue weighted by molar-refractivity contribution is 0.0315. The zero-order valence-corrected chi connectivity index (χ0v) is 12.3. The summed E-state index contributed by atoms with van der Waals surface area (Å²) in [5, 5.41) is 3.32. The molecule has 0 amide bonds. The number of nitrogens with one attached hydrogen (secondary N) is 1. The molecule has 1 fully saturated rings. The van der Waals surface area contributed by atoms with Crippen molar-refractivity contribution in [2.75, 3.05) is 19.8 Å². The van der Waals surface area contributed by atoms with Gasteiger partial charge in [-0.2, -0.15) is 0 Å². The van der Waals surface area contributed by atoms with Crippen LogP contribution in [0.3, 0.4) is 0 Å². The molecular weight excluding hydrogens is 294 g/mol. The molecule has 1 aromatic carbocycles. The number of rotatable bonds is 6. The fourth-order valence-corrected chi connectivity index (χ4v) is 2.48. The summed E-state index contributed by atoms with van der Waals surface area (Å²) in [6, 6.07) is 6.44. The molecule has 0 radical (unpaired) electrons. The molecular formula is C14H20BrNO2. The van der Waals surface area contributed by atoms with Gasteiger partial charge in [-0.25, -0.2) is 0 Å². The van der Waals surface area contributed by atoms with Crippen LogP contribution in [0.4, 0.5) is 0 Å². The van der Waals surface area contributed by atoms with Crippen LogP contribution in [0.15, 0.2) is 22.7 Å². The van der Waals surface area contributed by atoms with Gasteiger partial charge in [-0.05, 0) is 30.2 Å². The van der Waals surface area contributed by atoms with Crippen molar-refractivity contribution < 1.29 is 9.47 Å². The number of ether oxygens (including phenoxy) is 2. The Morgan fingerprint density at radius 2 is 2.39 bits per heavy atom. The molecule has 1 saturated heterocycles. The van der Waals surface area contributed by atoms with E-state index < -0.39 is 0 Å². The first kappa shape index (κ1) is 14.0. The summed E-state index contributed by atoms with van der Waals surface area (Å²) in [6.45, 7) is 6.22. The Balaban J connectivity index is 1.87. The fourth-order valence-electron chi connectivity index (χ4n) is 1.94. The first-order chi connectivity index (χ1) is 8.79. The lowest BCUT2D eigenvalue weighted by Gasteiger charge is -2.12. The minimum atomic E-state index is 0.262. The van der Waals surface area contributed by atoms with Crippen LogP contribution in [0.25, 0.3) is 0 Å². The summed E-state index contributed by atoms with van der Waals surface area (Å²) in [5.74, 6) is 0. The van der Waals surface area contributed by atoms with Gasteiger partial charge in [0.1, 0.15) is 0 Å². The molecule has 1 heterocycles. The molecule has 1 atom stereocenters. The lowest BCUT2D eigenvalue weighted by atomic mass is 10.1. The van der Waals surface area contributed by atoms with Crippen LogP contribution >= 0.6 is 15.9 Å². The van der Waals surface area contributed by atoms with Gasteiger partial charge < -0.3 is 14.8 Å². The van der Waals surface area contributed by atoms with Crippen LogP contribution in [0.5, 0.6) is 0 Å². The summed E-state index contributed by atoms with van der Waals surface area (Å²) < 4.78 is 12.2. The minimum Gasteiger partial charge on any atom is -0.379 e. The molecule has 1 aromatic rings. The van der Waals surface area contributed by atoms with Gasteiger partial charge in [-0.1, -0.05) is 35.0 Å². The molecule has 1 aliphatic heterocycles. The highest BCUT2D eigenvalue weighted by molar-refractivity contribution is 9.10. The molecule has 18 heavy (non-hydrogen) atoms. The monoisotopic (exact) mass is 313 g/mol. The number of benzene rings is 1. The van der Waals surface area contributed by atoms with Crippen LogP contribution in [-0.4, -0.2) is 25.9 Å². The molecule has 0 spiro atoms. The van der Waals surface area contributed by atoms with E-state index in [1.807, 2.05) is 0 Å². The third-order valence-electron chi connectivity index (χ3n) is 3.06. The van der Waals surface area contributed by atoms with E-state index in [-0.39, 0.29) is 6.10 Å². The summed E-state index contributed by atoms with van der Waals surface area (Å²) in [6.07, 6.45) is 1.27. The van der Waals surface area contributed by atoms with Crippen molar-refractivity contribution in [3.63, 3.8) is 0 Å². The van der Waals surface area contributed by atoms with Crippen molar-refractivity contribution in [3.8, 4) is 0 Å². The average molecular weight is 314 g/mol. The number of hydrogen-bond donors (Lipinski definition) is 1. The standard InChI is InChI=1S/C14H20BrNO2/c1-2-16-8-11-3-4-12(14(15)7-11)9-18-13-5-6-17-10-13/h3-4,7,13,16H,2,5-6,8-10H2,1H3. The Morgan fingerprint density at radius 1 is 1.50 bits per heavy atom. The van der Waals surface area contributed by atoms with Crippen LogP contribution < -0.4 is 5.32 Å². The second kappa shape index (κ2) is 7.24. The van der Waals surface area contributed by atoms with Gasteiger partial charge >= 0.3 is 0 Å². The molecule has 0 saturated carbocycles. The van der Waals surface area contributed by atoms with Crippen molar-refractivity contribution in [2.45, 2.75) is 32.6 Å². The first-order valence-corrected chi connectivity index (χ1v) is 7.26. The molecule has 1 unspecified atom stereocenters. The molecule has 100 valence electrons. The number of halogens is 1. The summed E-state index contributed by atoms with van der Waals surface area (Å²) in [7, 11) is 0. The second-order valence-electron chi connectivity index (χ2n) is 4.50. The van der Waals surface area contributed by atoms with E-state index in [0.717, 1.165) is 37.2 Å². The van der Waals surface area contributed by atoms with Gasteiger partial charge in [0.05, 0.1) is 19.3 Å². The Morgan fingerprint density at radius 3 is 3.06 bits per heavy atom. The predicted octanol–water partition coefficient (Wildman–Crippen LogP) is 2.86. The first-order valence-electron chi connectivity index (χ1n) is 6.47. The van der Waals surface area contributed by atoms with Crippen LogP contribution in [-0.2, 0) is 22.6 Å².